The number of non-ortho nitro benzene ring substituents is 1. The first-order valence-electron chi connectivity index (χ1n) is 7.85. The van der Waals surface area contributed by atoms with Gasteiger partial charge in [0.1, 0.15) is 0 Å². The van der Waals surface area contributed by atoms with Gasteiger partial charge in [0, 0.05) is 11.5 Å². The Morgan fingerprint density at radius 2 is 1.59 bits per heavy atom. The molecule has 3 aromatic rings. The minimum absolute atomic E-state index is 0.00583. The van der Waals surface area contributed by atoms with Crippen molar-refractivity contribution in [2.24, 2.45) is 0 Å². The van der Waals surface area contributed by atoms with Gasteiger partial charge >= 0.3 is 6.03 Å². The van der Waals surface area contributed by atoms with Crippen LogP contribution in [0.15, 0.2) is 65.6 Å². The zero-order valence-corrected chi connectivity index (χ0v) is 15.0. The number of rotatable bonds is 4. The molecule has 0 heterocycles. The highest BCUT2D eigenvalue weighted by molar-refractivity contribution is 7.90. The van der Waals surface area contributed by atoms with Gasteiger partial charge in [-0.15, -0.1) is 0 Å². The van der Waals surface area contributed by atoms with Crippen molar-refractivity contribution < 1.29 is 18.1 Å². The number of aryl methyl sites for hydroxylation is 1. The van der Waals surface area contributed by atoms with E-state index in [1.165, 1.54) is 18.2 Å². The van der Waals surface area contributed by atoms with Gasteiger partial charge in [-0.25, -0.2) is 17.9 Å². The minimum atomic E-state index is -4.06. The van der Waals surface area contributed by atoms with E-state index in [1.807, 2.05) is 4.72 Å². The van der Waals surface area contributed by atoms with Crippen molar-refractivity contribution in [3.63, 3.8) is 0 Å². The van der Waals surface area contributed by atoms with E-state index >= 15 is 0 Å². The van der Waals surface area contributed by atoms with Gasteiger partial charge in [0.15, 0.2) is 0 Å². The summed E-state index contributed by atoms with van der Waals surface area (Å²) in [6, 6.07) is 14.4. The number of fused-ring (bicyclic) bond motifs is 1. The van der Waals surface area contributed by atoms with Gasteiger partial charge in [0.05, 0.1) is 20.9 Å². The summed E-state index contributed by atoms with van der Waals surface area (Å²) in [6.45, 7) is 1.62. The Kier molecular flexibility index (Phi) is 4.78. The molecule has 27 heavy (non-hydrogen) atoms. The average Bonchev–Trinajstić information content (AvgIpc) is 2.61. The summed E-state index contributed by atoms with van der Waals surface area (Å²) in [5, 5.41) is 14.4. The van der Waals surface area contributed by atoms with Crippen molar-refractivity contribution in [3.8, 4) is 0 Å². The van der Waals surface area contributed by atoms with Crippen LogP contribution in [0.5, 0.6) is 0 Å². The van der Waals surface area contributed by atoms with Crippen LogP contribution in [0.2, 0.25) is 0 Å². The normalized spacial score (nSPS) is 11.1. The van der Waals surface area contributed by atoms with Gasteiger partial charge < -0.3 is 5.32 Å². The van der Waals surface area contributed by atoms with Crippen LogP contribution in [0, 0.1) is 17.0 Å². The zero-order valence-electron chi connectivity index (χ0n) is 14.2. The molecule has 0 spiro atoms. The number of sulfonamides is 1. The summed E-state index contributed by atoms with van der Waals surface area (Å²) < 4.78 is 26.8. The largest absolute Gasteiger partial charge is 0.333 e. The quantitative estimate of drug-likeness (QED) is 0.526. The van der Waals surface area contributed by atoms with E-state index in [0.29, 0.717) is 16.3 Å². The molecule has 0 aliphatic heterocycles. The van der Waals surface area contributed by atoms with E-state index in [9.17, 15) is 23.3 Å². The molecular weight excluding hydrogens is 370 g/mol. The number of anilines is 1. The van der Waals surface area contributed by atoms with Crippen LogP contribution in [0.25, 0.3) is 10.8 Å². The third-order valence-electron chi connectivity index (χ3n) is 3.96. The molecule has 0 bridgehead atoms. The number of carbonyl (C=O) groups excluding carboxylic acids is 1. The first kappa shape index (κ1) is 18.3. The molecule has 3 rings (SSSR count). The maximum atomic E-state index is 12.4. The van der Waals surface area contributed by atoms with E-state index < -0.39 is 21.0 Å². The Morgan fingerprint density at radius 3 is 2.26 bits per heavy atom. The highest BCUT2D eigenvalue weighted by atomic mass is 32.2. The standard InChI is InChI=1S/C18H15N3O5S/c1-12-6-2-5-9-17(12)27(25,26)20-18(22)19-15-10-11-16(21(23)24)14-8-4-3-7-13(14)15/h2-11H,1H3,(H2,19,20,22). The van der Waals surface area contributed by atoms with E-state index in [2.05, 4.69) is 5.32 Å². The molecule has 2 N–H and O–H groups in total. The molecule has 9 heteroatoms. The molecule has 0 aromatic heterocycles. The molecule has 0 radical (unpaired) electrons. The first-order valence-corrected chi connectivity index (χ1v) is 9.33. The molecule has 0 fully saturated rings. The number of hydrogen-bond acceptors (Lipinski definition) is 5. The fraction of sp³-hybridized carbons (Fsp3) is 0.0556. The second-order valence-electron chi connectivity index (χ2n) is 5.76. The van der Waals surface area contributed by atoms with Crippen molar-refractivity contribution in [1.29, 1.82) is 0 Å². The van der Waals surface area contributed by atoms with Crippen molar-refractivity contribution in [2.75, 3.05) is 5.32 Å². The van der Waals surface area contributed by atoms with Crippen molar-refractivity contribution in [2.45, 2.75) is 11.8 Å². The van der Waals surface area contributed by atoms with E-state index in [0.717, 1.165) is 0 Å². The zero-order chi connectivity index (χ0) is 19.6. The predicted molar refractivity (Wildman–Crippen MR) is 101 cm³/mol. The molecule has 3 aromatic carbocycles. The van der Waals surface area contributed by atoms with E-state index in [-0.39, 0.29) is 16.3 Å². The smallest absolute Gasteiger partial charge is 0.307 e. The lowest BCUT2D eigenvalue weighted by Crippen LogP contribution is -2.34. The molecule has 0 saturated carbocycles. The first-order chi connectivity index (χ1) is 12.8. The van der Waals surface area contributed by atoms with Crippen LogP contribution in [-0.2, 0) is 10.0 Å². The Morgan fingerprint density at radius 1 is 0.963 bits per heavy atom. The summed E-state index contributed by atoms with van der Waals surface area (Å²) in [4.78, 5) is 22.9. The Balaban J connectivity index is 1.90. The van der Waals surface area contributed by atoms with Gasteiger partial charge in [-0.1, -0.05) is 36.4 Å². The SMILES string of the molecule is Cc1ccccc1S(=O)(=O)NC(=O)Nc1ccc([N+](=O)[O-])c2ccccc12. The number of nitro groups is 1. The highest BCUT2D eigenvalue weighted by Crippen LogP contribution is 2.31. The number of amides is 2. The second kappa shape index (κ2) is 7.04. The number of benzene rings is 3. The van der Waals surface area contributed by atoms with E-state index in [1.54, 1.807) is 49.4 Å². The maximum absolute atomic E-state index is 12.4. The van der Waals surface area contributed by atoms with Crippen LogP contribution in [0.3, 0.4) is 0 Å². The maximum Gasteiger partial charge on any atom is 0.333 e. The van der Waals surface area contributed by atoms with Gasteiger partial charge in [-0.2, -0.15) is 0 Å². The third-order valence-corrected chi connectivity index (χ3v) is 5.45. The Hall–Kier alpha value is -3.46. The lowest BCUT2D eigenvalue weighted by molar-refractivity contribution is -0.383. The third kappa shape index (κ3) is 3.72. The van der Waals surface area contributed by atoms with Crippen LogP contribution in [0.4, 0.5) is 16.2 Å². The Bertz CT molecular complexity index is 1160. The molecule has 8 nitrogen and oxygen atoms in total. The van der Waals surface area contributed by atoms with Crippen LogP contribution >= 0.6 is 0 Å². The molecule has 0 atom stereocenters. The van der Waals surface area contributed by atoms with Gasteiger partial charge in [0.25, 0.3) is 15.7 Å². The molecule has 0 aliphatic carbocycles. The molecule has 2 amide bonds. The minimum Gasteiger partial charge on any atom is -0.307 e. The van der Waals surface area contributed by atoms with Crippen molar-refractivity contribution in [1.82, 2.24) is 4.72 Å². The number of urea groups is 1. The van der Waals surface area contributed by atoms with Crippen LogP contribution in [-0.4, -0.2) is 19.4 Å². The summed E-state index contributed by atoms with van der Waals surface area (Å²) >= 11 is 0. The van der Waals surface area contributed by atoms with Crippen LogP contribution in [0.1, 0.15) is 5.56 Å². The summed E-state index contributed by atoms with van der Waals surface area (Å²) in [5.41, 5.74) is 0.649. The number of nitro benzene ring substituents is 1. The molecule has 0 aliphatic rings. The number of nitrogens with one attached hydrogen (secondary N) is 2. The van der Waals surface area contributed by atoms with Gasteiger partial charge in [0.2, 0.25) is 0 Å². The highest BCUT2D eigenvalue weighted by Gasteiger charge is 2.21. The summed E-state index contributed by atoms with van der Waals surface area (Å²) in [7, 11) is -4.06. The Labute approximate surface area is 155 Å². The number of hydrogen-bond donors (Lipinski definition) is 2. The fourth-order valence-corrected chi connectivity index (χ4v) is 3.89. The van der Waals surface area contributed by atoms with Gasteiger partial charge in [-0.3, -0.25) is 10.1 Å². The van der Waals surface area contributed by atoms with Gasteiger partial charge in [-0.05, 0) is 30.7 Å². The number of carbonyl (C=O) groups is 1. The summed E-state index contributed by atoms with van der Waals surface area (Å²) in [6.07, 6.45) is 0. The fourth-order valence-electron chi connectivity index (χ4n) is 2.73. The molecule has 138 valence electrons. The lowest BCUT2D eigenvalue weighted by atomic mass is 10.1. The molecular formula is C18H15N3O5S. The van der Waals surface area contributed by atoms with E-state index in [4.69, 9.17) is 0 Å². The second-order valence-corrected chi connectivity index (χ2v) is 7.41. The number of nitrogens with zero attached hydrogens (tertiary/aromatic N) is 1. The lowest BCUT2D eigenvalue weighted by Gasteiger charge is -2.12. The molecule has 0 saturated heterocycles. The monoisotopic (exact) mass is 385 g/mol. The van der Waals surface area contributed by atoms with Crippen molar-refractivity contribution >= 4 is 38.2 Å². The average molecular weight is 385 g/mol. The predicted octanol–water partition coefficient (Wildman–Crippen LogP) is 3.57. The van der Waals surface area contributed by atoms with Crippen molar-refractivity contribution in [3.05, 3.63) is 76.3 Å². The summed E-state index contributed by atoms with van der Waals surface area (Å²) in [5.74, 6) is 0. The topological polar surface area (TPSA) is 118 Å². The molecule has 0 unspecified atom stereocenters. The van der Waals surface area contributed by atoms with Crippen LogP contribution < -0.4 is 10.0 Å².